The second-order valence-electron chi connectivity index (χ2n) is 10.3. The summed E-state index contributed by atoms with van der Waals surface area (Å²) in [4.78, 5) is 21.3. The number of H-pyrrole nitrogens is 1. The first kappa shape index (κ1) is 30.5. The van der Waals surface area contributed by atoms with Crippen LogP contribution in [0, 0.1) is 19.7 Å². The monoisotopic (exact) mass is 610 g/mol. The van der Waals surface area contributed by atoms with E-state index >= 15 is 4.39 Å². The molecule has 1 aliphatic rings. The summed E-state index contributed by atoms with van der Waals surface area (Å²) >= 11 is 0. The zero-order valence-electron chi connectivity index (χ0n) is 23.9. The number of imidazole rings is 1. The van der Waals surface area contributed by atoms with Gasteiger partial charge in [0.1, 0.15) is 17.2 Å². The van der Waals surface area contributed by atoms with Crippen LogP contribution in [0.5, 0.6) is 0 Å². The first-order valence-corrected chi connectivity index (χ1v) is 13.8. The van der Waals surface area contributed by atoms with Crippen LogP contribution in [0.3, 0.4) is 0 Å². The lowest BCUT2D eigenvalue weighted by Crippen LogP contribution is -2.48. The fourth-order valence-electron chi connectivity index (χ4n) is 5.21. The molecule has 9 nitrogen and oxygen atoms in total. The van der Waals surface area contributed by atoms with Crippen LogP contribution in [0.25, 0.3) is 11.0 Å². The summed E-state index contributed by atoms with van der Waals surface area (Å²) in [5.41, 5.74) is 5.98. The lowest BCUT2D eigenvalue weighted by Gasteiger charge is -2.40. The number of hydrogen-bond acceptors (Lipinski definition) is 7. The molecular weight excluding hydrogens is 580 g/mol. The van der Waals surface area contributed by atoms with Gasteiger partial charge in [0.15, 0.2) is 5.76 Å². The Morgan fingerprint density at radius 3 is 2.05 bits per heavy atom. The van der Waals surface area contributed by atoms with Gasteiger partial charge in [0.25, 0.3) is 0 Å². The second kappa shape index (κ2) is 12.8. The molecular formula is C31H30F4N6O3. The van der Waals surface area contributed by atoms with E-state index in [9.17, 15) is 13.2 Å². The lowest BCUT2D eigenvalue weighted by molar-refractivity contribution is -0.192. The molecule has 1 saturated heterocycles. The Balaban J connectivity index is 0.000000493. The molecule has 3 aromatic carbocycles. The summed E-state index contributed by atoms with van der Waals surface area (Å²) in [7, 11) is 0. The number of piperazine rings is 1. The van der Waals surface area contributed by atoms with E-state index in [4.69, 9.17) is 14.4 Å². The first-order chi connectivity index (χ1) is 21.0. The van der Waals surface area contributed by atoms with Gasteiger partial charge in [0, 0.05) is 32.2 Å². The van der Waals surface area contributed by atoms with E-state index in [0.717, 1.165) is 37.6 Å². The molecule has 0 spiro atoms. The van der Waals surface area contributed by atoms with E-state index < -0.39 is 12.1 Å². The molecule has 5 aromatic rings. The summed E-state index contributed by atoms with van der Waals surface area (Å²) in [6.45, 7) is 6.80. The Kier molecular flexibility index (Phi) is 8.86. The molecule has 0 saturated carbocycles. The Hall–Kier alpha value is -4.91. The molecule has 0 bridgehead atoms. The molecule has 0 aliphatic carbocycles. The van der Waals surface area contributed by atoms with Crippen molar-refractivity contribution in [3.05, 3.63) is 101 Å². The summed E-state index contributed by atoms with van der Waals surface area (Å²) < 4.78 is 52.2. The maximum atomic E-state index is 15.3. The number of alkyl halides is 3. The average Bonchev–Trinajstić information content (AvgIpc) is 3.55. The third-order valence-electron chi connectivity index (χ3n) is 7.32. The van der Waals surface area contributed by atoms with Crippen molar-refractivity contribution in [3.8, 4) is 0 Å². The quantitative estimate of drug-likeness (QED) is 0.185. The lowest BCUT2D eigenvalue weighted by atomic mass is 9.96. The minimum atomic E-state index is -5.08. The highest BCUT2D eigenvalue weighted by Gasteiger charge is 2.38. The van der Waals surface area contributed by atoms with Crippen molar-refractivity contribution in [1.29, 1.82) is 0 Å². The number of aromatic nitrogens is 3. The summed E-state index contributed by atoms with van der Waals surface area (Å²) in [5, 5.41) is 14.3. The number of carbonyl (C=O) groups is 1. The predicted molar refractivity (Wildman–Crippen MR) is 158 cm³/mol. The normalized spacial score (nSPS) is 14.0. The van der Waals surface area contributed by atoms with Crippen molar-refractivity contribution in [2.75, 3.05) is 36.4 Å². The van der Waals surface area contributed by atoms with Crippen LogP contribution >= 0.6 is 0 Å². The molecule has 3 N–H and O–H groups in total. The Morgan fingerprint density at radius 1 is 0.977 bits per heavy atom. The summed E-state index contributed by atoms with van der Waals surface area (Å²) in [6, 6.07) is 24.7. The van der Waals surface area contributed by atoms with E-state index in [-0.39, 0.29) is 11.9 Å². The van der Waals surface area contributed by atoms with E-state index in [1.54, 1.807) is 0 Å². The molecule has 1 fully saturated rings. The Bertz CT molecular complexity index is 1660. The molecule has 0 atom stereocenters. The van der Waals surface area contributed by atoms with Gasteiger partial charge in [0.05, 0.1) is 22.8 Å². The van der Waals surface area contributed by atoms with Crippen molar-refractivity contribution < 1.29 is 32.0 Å². The number of carboxylic acid groups (broad SMARTS) is 1. The number of hydrogen-bond donors (Lipinski definition) is 3. The fraction of sp³-hybridized carbons (Fsp3) is 0.258. The zero-order chi connectivity index (χ0) is 31.4. The molecule has 230 valence electrons. The molecule has 1 aliphatic heterocycles. The number of halogens is 4. The third kappa shape index (κ3) is 6.83. The van der Waals surface area contributed by atoms with Crippen LogP contribution < -0.4 is 10.2 Å². The number of aromatic amines is 1. The van der Waals surface area contributed by atoms with Gasteiger partial charge in [-0.1, -0.05) is 65.8 Å². The molecule has 0 radical (unpaired) electrons. The number of carboxylic acids is 1. The second-order valence-corrected chi connectivity index (χ2v) is 10.3. The summed E-state index contributed by atoms with van der Waals surface area (Å²) in [5.74, 6) is -1.81. The van der Waals surface area contributed by atoms with Crippen molar-refractivity contribution in [1.82, 2.24) is 20.0 Å². The molecule has 3 heterocycles. The molecule has 0 unspecified atom stereocenters. The largest absolute Gasteiger partial charge is 0.490 e. The van der Waals surface area contributed by atoms with Gasteiger partial charge in [-0.3, -0.25) is 4.90 Å². The van der Waals surface area contributed by atoms with Gasteiger partial charge in [0.2, 0.25) is 5.95 Å². The van der Waals surface area contributed by atoms with E-state index in [0.29, 0.717) is 28.4 Å². The van der Waals surface area contributed by atoms with Crippen LogP contribution in [0.2, 0.25) is 0 Å². The number of anilines is 3. The van der Waals surface area contributed by atoms with Crippen LogP contribution in [0.4, 0.5) is 34.9 Å². The van der Waals surface area contributed by atoms with Crippen molar-refractivity contribution >= 4 is 34.3 Å². The molecule has 2 aromatic heterocycles. The number of aliphatic carboxylic acids is 1. The van der Waals surface area contributed by atoms with Gasteiger partial charge in [-0.25, -0.2) is 14.2 Å². The van der Waals surface area contributed by atoms with Crippen molar-refractivity contribution in [2.24, 2.45) is 0 Å². The van der Waals surface area contributed by atoms with Gasteiger partial charge in [-0.15, -0.1) is 0 Å². The smallest absolute Gasteiger partial charge is 0.475 e. The Labute approximate surface area is 250 Å². The molecule has 0 amide bonds. The van der Waals surface area contributed by atoms with E-state index in [1.807, 2.05) is 32.0 Å². The van der Waals surface area contributed by atoms with Gasteiger partial charge in [-0.2, -0.15) is 13.2 Å². The number of aryl methyl sites for hydroxylation is 2. The zero-order valence-corrected chi connectivity index (χ0v) is 23.9. The molecule has 13 heteroatoms. The highest BCUT2D eigenvalue weighted by Crippen LogP contribution is 2.32. The number of rotatable bonds is 6. The minimum absolute atomic E-state index is 0.168. The van der Waals surface area contributed by atoms with Crippen LogP contribution in [-0.4, -0.2) is 63.5 Å². The highest BCUT2D eigenvalue weighted by molar-refractivity contribution is 5.83. The highest BCUT2D eigenvalue weighted by atomic mass is 19.4. The number of nitrogens with one attached hydrogen (secondary N) is 2. The minimum Gasteiger partial charge on any atom is -0.475 e. The van der Waals surface area contributed by atoms with Crippen molar-refractivity contribution in [3.63, 3.8) is 0 Å². The van der Waals surface area contributed by atoms with Gasteiger partial charge < -0.3 is 24.8 Å². The van der Waals surface area contributed by atoms with E-state index in [2.05, 4.69) is 78.8 Å². The van der Waals surface area contributed by atoms with Crippen LogP contribution in [0.1, 0.15) is 28.6 Å². The first-order valence-electron chi connectivity index (χ1n) is 13.8. The molecule has 6 rings (SSSR count). The van der Waals surface area contributed by atoms with Crippen LogP contribution in [0.15, 0.2) is 77.3 Å². The Morgan fingerprint density at radius 2 is 1.55 bits per heavy atom. The number of nitrogens with zero attached hydrogens (tertiary/aromatic N) is 4. The average molecular weight is 611 g/mol. The number of fused-ring (bicyclic) bond motifs is 1. The van der Waals surface area contributed by atoms with Crippen LogP contribution in [-0.2, 0) is 4.79 Å². The van der Waals surface area contributed by atoms with Gasteiger partial charge in [-0.05, 0) is 31.0 Å². The number of benzene rings is 3. The fourth-order valence-corrected chi connectivity index (χ4v) is 5.21. The third-order valence-corrected chi connectivity index (χ3v) is 7.32. The van der Waals surface area contributed by atoms with Crippen molar-refractivity contribution in [2.45, 2.75) is 26.1 Å². The topological polar surface area (TPSA) is 111 Å². The van der Waals surface area contributed by atoms with Gasteiger partial charge >= 0.3 is 12.1 Å². The summed E-state index contributed by atoms with van der Waals surface area (Å²) in [6.07, 6.45) is -5.08. The maximum absolute atomic E-state index is 15.3. The standard InChI is InChI=1S/C29H29FN6O.C2HF3O2/c1-19-27(20(2)37-34-19)33-29-31-24-17-23(30)26(18-25(24)32-29)35-13-15-36(16-14-35)28(21-9-5-3-6-10-21)22-11-7-4-8-12-22;3-2(4,5)1(6)7/h3-12,17-18,28H,13-16H2,1-2H3,(H2,31,32,33);(H,6,7). The predicted octanol–water partition coefficient (Wildman–Crippen LogP) is 6.60. The molecule has 44 heavy (non-hydrogen) atoms. The SMILES string of the molecule is Cc1noc(C)c1Nc1nc2cc(N3CCN(C(c4ccccc4)c4ccccc4)CC3)c(F)cc2[nH]1.O=C(O)C(F)(F)F. The van der Waals surface area contributed by atoms with E-state index in [1.165, 1.54) is 17.2 Å². The maximum Gasteiger partial charge on any atom is 0.490 e.